The van der Waals surface area contributed by atoms with Crippen LogP contribution in [0.5, 0.6) is 0 Å². The molecule has 1 atom stereocenters. The summed E-state index contributed by atoms with van der Waals surface area (Å²) in [7, 11) is 0. The molecule has 5 heteroatoms. The van der Waals surface area contributed by atoms with Crippen LogP contribution in [0.1, 0.15) is 28.4 Å². The van der Waals surface area contributed by atoms with Crippen LogP contribution in [0, 0.1) is 6.92 Å². The highest BCUT2D eigenvalue weighted by Crippen LogP contribution is 2.25. The summed E-state index contributed by atoms with van der Waals surface area (Å²) in [6.45, 7) is 3.54. The van der Waals surface area contributed by atoms with E-state index < -0.39 is 0 Å². The highest BCUT2D eigenvalue weighted by atomic mass is 16.2. The fourth-order valence-corrected chi connectivity index (χ4v) is 3.19. The molecule has 1 unspecified atom stereocenters. The van der Waals surface area contributed by atoms with E-state index in [-0.39, 0.29) is 11.9 Å². The largest absolute Gasteiger partial charge is 0.360 e. The van der Waals surface area contributed by atoms with Crippen molar-refractivity contribution >= 4 is 16.8 Å². The normalized spacial score (nSPS) is 18.2. The third kappa shape index (κ3) is 2.09. The van der Waals surface area contributed by atoms with E-state index in [4.69, 9.17) is 0 Å². The Labute approximate surface area is 128 Å². The molecule has 1 N–H and O–H groups in total. The molecule has 0 saturated carbocycles. The molecule has 1 aliphatic rings. The highest BCUT2D eigenvalue weighted by Gasteiger charge is 2.29. The summed E-state index contributed by atoms with van der Waals surface area (Å²) in [4.78, 5) is 17.9. The summed E-state index contributed by atoms with van der Waals surface area (Å²) in [5.74, 6) is 0.101. The molecule has 0 bridgehead atoms. The maximum absolute atomic E-state index is 12.8. The molecule has 2 aromatic heterocycles. The minimum absolute atomic E-state index is 0.101. The van der Waals surface area contributed by atoms with Gasteiger partial charge >= 0.3 is 0 Å². The van der Waals surface area contributed by atoms with Gasteiger partial charge in [0.15, 0.2) is 0 Å². The number of nitrogens with zero attached hydrogens (tertiary/aromatic N) is 3. The van der Waals surface area contributed by atoms with Gasteiger partial charge < -0.3 is 9.88 Å². The maximum Gasteiger partial charge on any atom is 0.256 e. The summed E-state index contributed by atoms with van der Waals surface area (Å²) >= 11 is 0. The van der Waals surface area contributed by atoms with Gasteiger partial charge in [0, 0.05) is 36.4 Å². The Morgan fingerprint density at radius 2 is 2.23 bits per heavy atom. The van der Waals surface area contributed by atoms with Crippen LogP contribution in [-0.4, -0.2) is 38.7 Å². The van der Waals surface area contributed by atoms with E-state index in [1.807, 2.05) is 59.4 Å². The lowest BCUT2D eigenvalue weighted by atomic mass is 10.1. The Morgan fingerprint density at radius 3 is 3.05 bits per heavy atom. The maximum atomic E-state index is 12.8. The molecule has 5 nitrogen and oxygen atoms in total. The van der Waals surface area contributed by atoms with Crippen molar-refractivity contribution in [2.24, 2.45) is 0 Å². The molecule has 1 fully saturated rings. The number of para-hydroxylation sites is 1. The molecule has 1 saturated heterocycles. The average molecular weight is 294 g/mol. The van der Waals surface area contributed by atoms with Gasteiger partial charge in [-0.05, 0) is 25.0 Å². The van der Waals surface area contributed by atoms with Crippen LogP contribution in [-0.2, 0) is 0 Å². The van der Waals surface area contributed by atoms with Gasteiger partial charge in [-0.3, -0.25) is 9.48 Å². The van der Waals surface area contributed by atoms with E-state index >= 15 is 0 Å². The highest BCUT2D eigenvalue weighted by molar-refractivity contribution is 6.06. The lowest BCUT2D eigenvalue weighted by molar-refractivity contribution is 0.0789. The number of H-pyrrole nitrogens is 1. The number of benzene rings is 1. The number of likely N-dealkylation sites (tertiary alicyclic amines) is 1. The summed E-state index contributed by atoms with van der Waals surface area (Å²) in [6.07, 6.45) is 6.68. The fourth-order valence-electron chi connectivity index (χ4n) is 3.19. The molecule has 3 aromatic rings. The third-order valence-electron chi connectivity index (χ3n) is 4.37. The number of carbonyl (C=O) groups is 1. The van der Waals surface area contributed by atoms with Crippen LogP contribution in [0.3, 0.4) is 0 Å². The first kappa shape index (κ1) is 13.1. The molecule has 4 rings (SSSR count). The monoisotopic (exact) mass is 294 g/mol. The van der Waals surface area contributed by atoms with Gasteiger partial charge in [0.05, 0.1) is 17.8 Å². The van der Waals surface area contributed by atoms with Crippen LogP contribution < -0.4 is 0 Å². The fraction of sp³-hybridized carbons (Fsp3) is 0.294. The Hall–Kier alpha value is -2.56. The van der Waals surface area contributed by atoms with Crippen molar-refractivity contribution < 1.29 is 4.79 Å². The summed E-state index contributed by atoms with van der Waals surface area (Å²) in [5, 5.41) is 5.37. The number of amides is 1. The molecular weight excluding hydrogens is 276 g/mol. The number of aromatic amines is 1. The number of nitrogens with one attached hydrogen (secondary N) is 1. The number of aromatic nitrogens is 3. The first-order valence-corrected chi connectivity index (χ1v) is 7.58. The van der Waals surface area contributed by atoms with E-state index in [1.165, 1.54) is 0 Å². The van der Waals surface area contributed by atoms with Crippen molar-refractivity contribution in [3.63, 3.8) is 0 Å². The molecule has 112 valence electrons. The van der Waals surface area contributed by atoms with Gasteiger partial charge in [0.2, 0.25) is 0 Å². The first-order valence-electron chi connectivity index (χ1n) is 7.58. The van der Waals surface area contributed by atoms with E-state index in [0.29, 0.717) is 0 Å². The number of carbonyl (C=O) groups excluding carboxylic acids is 1. The van der Waals surface area contributed by atoms with Crippen LogP contribution in [0.15, 0.2) is 42.9 Å². The van der Waals surface area contributed by atoms with Crippen molar-refractivity contribution in [3.05, 3.63) is 54.0 Å². The van der Waals surface area contributed by atoms with Crippen molar-refractivity contribution in [1.82, 2.24) is 19.7 Å². The average Bonchev–Trinajstić information content (AvgIpc) is 3.25. The lowest BCUT2D eigenvalue weighted by Crippen LogP contribution is -2.29. The molecule has 1 aromatic carbocycles. The van der Waals surface area contributed by atoms with Gasteiger partial charge in [0.1, 0.15) is 0 Å². The minimum Gasteiger partial charge on any atom is -0.360 e. The zero-order valence-corrected chi connectivity index (χ0v) is 12.5. The number of hydrogen-bond donors (Lipinski definition) is 1. The van der Waals surface area contributed by atoms with Crippen molar-refractivity contribution in [2.75, 3.05) is 13.1 Å². The minimum atomic E-state index is 0.101. The van der Waals surface area contributed by atoms with Crippen molar-refractivity contribution in [3.8, 4) is 0 Å². The van der Waals surface area contributed by atoms with Crippen molar-refractivity contribution in [1.29, 1.82) is 0 Å². The van der Waals surface area contributed by atoms with Crippen LogP contribution in [0.4, 0.5) is 0 Å². The van der Waals surface area contributed by atoms with Gasteiger partial charge in [-0.2, -0.15) is 5.10 Å². The van der Waals surface area contributed by atoms with Gasteiger partial charge in [-0.25, -0.2) is 0 Å². The van der Waals surface area contributed by atoms with Gasteiger partial charge in [0.25, 0.3) is 5.91 Å². The summed E-state index contributed by atoms with van der Waals surface area (Å²) in [6, 6.07) is 8.20. The topological polar surface area (TPSA) is 53.9 Å². The lowest BCUT2D eigenvalue weighted by Gasteiger charge is -2.16. The molecule has 1 aliphatic heterocycles. The van der Waals surface area contributed by atoms with E-state index in [0.717, 1.165) is 41.5 Å². The quantitative estimate of drug-likeness (QED) is 0.790. The van der Waals surface area contributed by atoms with Crippen molar-refractivity contribution in [2.45, 2.75) is 19.4 Å². The Bertz CT molecular complexity index is 832. The summed E-state index contributed by atoms with van der Waals surface area (Å²) < 4.78 is 1.98. The number of fused-ring (bicyclic) bond motifs is 1. The predicted octanol–water partition coefficient (Wildman–Crippen LogP) is 2.76. The van der Waals surface area contributed by atoms with E-state index in [9.17, 15) is 4.79 Å². The van der Waals surface area contributed by atoms with Crippen LogP contribution in [0.2, 0.25) is 0 Å². The van der Waals surface area contributed by atoms with E-state index in [2.05, 4.69) is 10.1 Å². The molecule has 0 spiro atoms. The van der Waals surface area contributed by atoms with Crippen LogP contribution in [0.25, 0.3) is 10.9 Å². The zero-order valence-electron chi connectivity index (χ0n) is 12.5. The SMILES string of the molecule is Cc1cnn(C2CCN(C(=O)c3c[nH]c4ccccc34)C2)c1. The van der Waals surface area contributed by atoms with E-state index in [1.54, 1.807) is 0 Å². The molecule has 1 amide bonds. The number of hydrogen-bond acceptors (Lipinski definition) is 2. The molecule has 22 heavy (non-hydrogen) atoms. The number of aryl methyl sites for hydroxylation is 1. The second-order valence-electron chi connectivity index (χ2n) is 5.94. The van der Waals surface area contributed by atoms with Gasteiger partial charge in [-0.15, -0.1) is 0 Å². The summed E-state index contributed by atoms with van der Waals surface area (Å²) in [5.41, 5.74) is 2.92. The molecular formula is C17H18N4O. The molecule has 3 heterocycles. The Kier molecular flexibility index (Phi) is 2.99. The number of rotatable bonds is 2. The van der Waals surface area contributed by atoms with Gasteiger partial charge in [-0.1, -0.05) is 18.2 Å². The van der Waals surface area contributed by atoms with Crippen LogP contribution >= 0.6 is 0 Å². The molecule has 0 aliphatic carbocycles. The predicted molar refractivity (Wildman–Crippen MR) is 84.8 cm³/mol. The smallest absolute Gasteiger partial charge is 0.256 e. The second-order valence-corrected chi connectivity index (χ2v) is 5.94. The Morgan fingerprint density at radius 1 is 1.36 bits per heavy atom. The standard InChI is InChI=1S/C17H18N4O/c1-12-8-19-21(10-12)13-6-7-20(11-13)17(22)15-9-18-16-5-3-2-4-14(15)16/h2-5,8-10,13,18H,6-7,11H2,1H3. The second kappa shape index (κ2) is 5.02. The zero-order chi connectivity index (χ0) is 15.1. The Balaban J connectivity index is 1.57. The molecule has 0 radical (unpaired) electrons. The first-order chi connectivity index (χ1) is 10.7. The third-order valence-corrected chi connectivity index (χ3v) is 4.37.